The highest BCUT2D eigenvalue weighted by molar-refractivity contribution is 5.90. The van der Waals surface area contributed by atoms with E-state index in [-0.39, 0.29) is 0 Å². The molecule has 2 aromatic heterocycles. The zero-order chi connectivity index (χ0) is 13.2. The van der Waals surface area contributed by atoms with E-state index in [0.29, 0.717) is 22.3 Å². The molecule has 0 radical (unpaired) electrons. The van der Waals surface area contributed by atoms with Crippen LogP contribution in [0.15, 0.2) is 58.3 Å². The Morgan fingerprint density at radius 3 is 2.53 bits per heavy atom. The minimum atomic E-state index is -0.822. The number of aromatic amines is 1. The number of rotatable bonds is 1. The Bertz CT molecular complexity index is 857. The second-order valence-electron chi connectivity index (χ2n) is 3.98. The van der Waals surface area contributed by atoms with Gasteiger partial charge >= 0.3 is 11.1 Å². The van der Waals surface area contributed by atoms with Crippen LogP contribution in [-0.2, 0) is 0 Å². The van der Waals surface area contributed by atoms with E-state index in [1.807, 2.05) is 6.07 Å². The smallest absolute Gasteiger partial charge is 0.317 e. The van der Waals surface area contributed by atoms with Crippen molar-refractivity contribution in [3.05, 3.63) is 69.4 Å². The van der Waals surface area contributed by atoms with E-state index in [9.17, 15) is 9.59 Å². The molecule has 0 fully saturated rings. The number of H-pyrrole nitrogens is 1. The third-order valence-corrected chi connectivity index (χ3v) is 2.75. The Morgan fingerprint density at radius 2 is 1.74 bits per heavy atom. The zero-order valence-corrected chi connectivity index (χ0v) is 9.83. The van der Waals surface area contributed by atoms with E-state index in [2.05, 4.69) is 15.0 Å². The molecule has 0 saturated heterocycles. The van der Waals surface area contributed by atoms with Crippen LogP contribution in [0.1, 0.15) is 0 Å². The lowest BCUT2D eigenvalue weighted by Gasteiger charge is -1.99. The maximum Gasteiger partial charge on any atom is 0.335 e. The Balaban J connectivity index is 2.52. The lowest BCUT2D eigenvalue weighted by Crippen LogP contribution is -2.25. The monoisotopic (exact) mass is 251 g/mol. The fourth-order valence-corrected chi connectivity index (χ4v) is 1.89. The first-order valence-corrected chi connectivity index (χ1v) is 5.70. The third-order valence-electron chi connectivity index (χ3n) is 2.75. The first kappa shape index (κ1) is 11.3. The van der Waals surface area contributed by atoms with Gasteiger partial charge in [-0.3, -0.25) is 14.6 Å². The van der Waals surface area contributed by atoms with Crippen LogP contribution in [0.4, 0.5) is 0 Å². The summed E-state index contributed by atoms with van der Waals surface area (Å²) in [6, 6.07) is 12.4. The summed E-state index contributed by atoms with van der Waals surface area (Å²) >= 11 is 0. The maximum absolute atomic E-state index is 11.6. The standard InChI is InChI=1S/C14H9N3O2/c18-13-14(19)17-12(11-7-3-4-8-15-11)9-5-1-2-6-10(9)16-13/h1-8H,(H,16,17,18,19). The van der Waals surface area contributed by atoms with Crippen LogP contribution < -0.4 is 11.1 Å². The van der Waals surface area contributed by atoms with Crippen molar-refractivity contribution in [3.8, 4) is 11.4 Å². The van der Waals surface area contributed by atoms with Gasteiger partial charge in [-0.15, -0.1) is 0 Å². The number of hydrogen-bond acceptors (Lipinski definition) is 4. The molecular formula is C14H9N3O2. The predicted molar refractivity (Wildman–Crippen MR) is 71.9 cm³/mol. The van der Waals surface area contributed by atoms with Crippen molar-refractivity contribution < 1.29 is 0 Å². The molecule has 2 heterocycles. The molecule has 3 rings (SSSR count). The first-order chi connectivity index (χ1) is 9.25. The van der Waals surface area contributed by atoms with Gasteiger partial charge in [0.25, 0.3) is 0 Å². The molecule has 5 nitrogen and oxygen atoms in total. The summed E-state index contributed by atoms with van der Waals surface area (Å²) in [6.45, 7) is 0. The number of fused-ring (bicyclic) bond motifs is 1. The number of para-hydroxylation sites is 1. The number of benzene rings is 1. The van der Waals surface area contributed by atoms with Crippen LogP contribution in [0, 0.1) is 0 Å². The first-order valence-electron chi connectivity index (χ1n) is 5.70. The quantitative estimate of drug-likeness (QED) is 0.662. The fourth-order valence-electron chi connectivity index (χ4n) is 1.89. The molecule has 0 bridgehead atoms. The van der Waals surface area contributed by atoms with E-state index in [1.165, 1.54) is 0 Å². The van der Waals surface area contributed by atoms with Crippen LogP contribution in [0.2, 0.25) is 0 Å². The maximum atomic E-state index is 11.6. The van der Waals surface area contributed by atoms with Gasteiger partial charge in [-0.1, -0.05) is 24.3 Å². The Labute approximate surface area is 107 Å². The van der Waals surface area contributed by atoms with Gasteiger partial charge in [0, 0.05) is 11.6 Å². The van der Waals surface area contributed by atoms with Gasteiger partial charge in [-0.2, -0.15) is 0 Å². The van der Waals surface area contributed by atoms with Crippen LogP contribution in [0.25, 0.3) is 22.3 Å². The highest BCUT2D eigenvalue weighted by atomic mass is 16.2. The summed E-state index contributed by atoms with van der Waals surface area (Å²) < 4.78 is 0. The topological polar surface area (TPSA) is 75.7 Å². The van der Waals surface area contributed by atoms with Crippen LogP contribution in [0.3, 0.4) is 0 Å². The highest BCUT2D eigenvalue weighted by Gasteiger charge is 2.07. The van der Waals surface area contributed by atoms with Crippen molar-refractivity contribution in [2.75, 3.05) is 0 Å². The van der Waals surface area contributed by atoms with E-state index in [4.69, 9.17) is 0 Å². The number of nitrogens with one attached hydrogen (secondary N) is 1. The van der Waals surface area contributed by atoms with Gasteiger partial charge in [0.2, 0.25) is 0 Å². The average Bonchev–Trinajstić information content (AvgIpc) is 2.58. The van der Waals surface area contributed by atoms with Crippen LogP contribution >= 0.6 is 0 Å². The van der Waals surface area contributed by atoms with Gasteiger partial charge in [-0.05, 0) is 18.2 Å². The minimum Gasteiger partial charge on any atom is -0.317 e. The Morgan fingerprint density at radius 1 is 0.947 bits per heavy atom. The summed E-state index contributed by atoms with van der Waals surface area (Å²) in [5.41, 5.74) is -0.0441. The Hall–Kier alpha value is -2.82. The van der Waals surface area contributed by atoms with Gasteiger partial charge in [0.15, 0.2) is 0 Å². The second-order valence-corrected chi connectivity index (χ2v) is 3.98. The number of aromatic nitrogens is 3. The van der Waals surface area contributed by atoms with E-state index in [0.717, 1.165) is 0 Å². The van der Waals surface area contributed by atoms with Crippen molar-refractivity contribution in [2.24, 2.45) is 0 Å². The van der Waals surface area contributed by atoms with E-state index in [1.54, 1.807) is 42.6 Å². The zero-order valence-electron chi connectivity index (χ0n) is 9.83. The summed E-state index contributed by atoms with van der Waals surface area (Å²) in [7, 11) is 0. The van der Waals surface area contributed by atoms with Crippen molar-refractivity contribution >= 4 is 10.9 Å². The van der Waals surface area contributed by atoms with Crippen LogP contribution in [0.5, 0.6) is 0 Å². The van der Waals surface area contributed by atoms with Gasteiger partial charge < -0.3 is 4.98 Å². The fraction of sp³-hybridized carbons (Fsp3) is 0. The summed E-state index contributed by atoms with van der Waals surface area (Å²) in [6.07, 6.45) is 1.62. The van der Waals surface area contributed by atoms with Crippen molar-refractivity contribution in [2.45, 2.75) is 0 Å². The second kappa shape index (κ2) is 4.45. The SMILES string of the molecule is O=c1nc(-c2ccccn2)c2ccccc2[nH]c1=O. The lowest BCUT2D eigenvalue weighted by atomic mass is 10.1. The molecule has 19 heavy (non-hydrogen) atoms. The highest BCUT2D eigenvalue weighted by Crippen LogP contribution is 2.20. The van der Waals surface area contributed by atoms with E-state index >= 15 is 0 Å². The van der Waals surface area contributed by atoms with Gasteiger partial charge in [-0.25, -0.2) is 4.98 Å². The molecule has 0 saturated carbocycles. The molecular weight excluding hydrogens is 242 g/mol. The molecule has 1 aromatic carbocycles. The molecule has 0 aliphatic carbocycles. The molecule has 0 aliphatic heterocycles. The minimum absolute atomic E-state index is 0.402. The number of hydrogen-bond donors (Lipinski definition) is 1. The summed E-state index contributed by atoms with van der Waals surface area (Å²) in [5, 5.41) is 0.681. The molecule has 92 valence electrons. The predicted octanol–water partition coefficient (Wildman–Crippen LogP) is 1.35. The molecule has 1 N–H and O–H groups in total. The van der Waals surface area contributed by atoms with E-state index < -0.39 is 11.1 Å². The normalized spacial score (nSPS) is 10.5. The molecule has 0 spiro atoms. The van der Waals surface area contributed by atoms with Crippen LogP contribution in [-0.4, -0.2) is 15.0 Å². The molecule has 5 heteroatoms. The molecule has 3 aromatic rings. The average molecular weight is 251 g/mol. The summed E-state index contributed by atoms with van der Waals surface area (Å²) in [4.78, 5) is 33.8. The number of pyridine rings is 1. The summed E-state index contributed by atoms with van der Waals surface area (Å²) in [5.74, 6) is 0. The van der Waals surface area contributed by atoms with Crippen molar-refractivity contribution in [1.29, 1.82) is 0 Å². The number of nitrogens with zero attached hydrogens (tertiary/aromatic N) is 2. The largest absolute Gasteiger partial charge is 0.335 e. The van der Waals surface area contributed by atoms with Crippen molar-refractivity contribution in [1.82, 2.24) is 15.0 Å². The van der Waals surface area contributed by atoms with Crippen molar-refractivity contribution in [3.63, 3.8) is 0 Å². The lowest BCUT2D eigenvalue weighted by molar-refractivity contribution is 1.17. The molecule has 0 aliphatic rings. The third kappa shape index (κ3) is 2.01. The Kier molecular flexibility index (Phi) is 2.64. The molecule has 0 amide bonds. The molecule has 0 unspecified atom stereocenters. The molecule has 0 atom stereocenters. The van der Waals surface area contributed by atoms with Gasteiger partial charge in [0.1, 0.15) is 5.69 Å². The van der Waals surface area contributed by atoms with Gasteiger partial charge in [0.05, 0.1) is 11.2 Å².